The third kappa shape index (κ3) is 3.46. The maximum Gasteiger partial charge on any atom is 0.0166 e. The Kier molecular flexibility index (Phi) is 4.26. The second-order valence-electron chi connectivity index (χ2n) is 6.22. The Balaban J connectivity index is 1.73. The molecule has 2 N–H and O–H groups in total. The number of nitrogens with two attached hydrogens (primary N) is 1. The molecule has 0 amide bonds. The molecule has 1 saturated heterocycles. The highest BCUT2D eigenvalue weighted by Crippen LogP contribution is 2.29. The van der Waals surface area contributed by atoms with Gasteiger partial charge in [0.25, 0.3) is 0 Å². The molecule has 0 aromatic rings. The number of nitrogens with zero attached hydrogens (tertiary/aromatic N) is 1. The number of likely N-dealkylation sites (tertiary alicyclic amines) is 1. The average Bonchev–Trinajstić information content (AvgIpc) is 2.28. The summed E-state index contributed by atoms with van der Waals surface area (Å²) in [6.45, 7) is 6.22. The van der Waals surface area contributed by atoms with Gasteiger partial charge in [-0.25, -0.2) is 0 Å². The van der Waals surface area contributed by atoms with Crippen molar-refractivity contribution in [2.24, 2.45) is 11.7 Å². The lowest BCUT2D eigenvalue weighted by Crippen LogP contribution is -2.46. The fraction of sp³-hybridized carbons (Fsp3) is 1.00. The first-order valence-electron chi connectivity index (χ1n) is 7.19. The first-order chi connectivity index (χ1) is 7.68. The highest BCUT2D eigenvalue weighted by Gasteiger charge is 2.28. The van der Waals surface area contributed by atoms with E-state index in [2.05, 4.69) is 11.8 Å². The van der Waals surface area contributed by atoms with Gasteiger partial charge in [0.15, 0.2) is 0 Å². The molecule has 2 heteroatoms. The Hall–Kier alpha value is -0.0800. The molecule has 0 aromatic heterocycles. The zero-order chi connectivity index (χ0) is 11.4. The summed E-state index contributed by atoms with van der Waals surface area (Å²) in [6.07, 6.45) is 10.7. The van der Waals surface area contributed by atoms with Crippen molar-refractivity contribution >= 4 is 0 Å². The largest absolute Gasteiger partial charge is 0.325 e. The summed E-state index contributed by atoms with van der Waals surface area (Å²) in [6, 6.07) is 0. The first kappa shape index (κ1) is 12.4. The van der Waals surface area contributed by atoms with Gasteiger partial charge in [-0.3, -0.25) is 0 Å². The van der Waals surface area contributed by atoms with Gasteiger partial charge in [-0.05, 0) is 51.1 Å². The number of hydrogen-bond donors (Lipinski definition) is 1. The van der Waals surface area contributed by atoms with E-state index in [1.54, 1.807) is 0 Å². The van der Waals surface area contributed by atoms with Gasteiger partial charge in [-0.1, -0.05) is 26.2 Å². The van der Waals surface area contributed by atoms with E-state index in [9.17, 15) is 0 Å². The zero-order valence-electron chi connectivity index (χ0n) is 10.9. The van der Waals surface area contributed by atoms with Gasteiger partial charge in [-0.2, -0.15) is 0 Å². The van der Waals surface area contributed by atoms with Crippen molar-refractivity contribution in [3.05, 3.63) is 0 Å². The number of piperidine rings is 1. The minimum absolute atomic E-state index is 0.179. The van der Waals surface area contributed by atoms with Crippen LogP contribution in [0.2, 0.25) is 0 Å². The van der Waals surface area contributed by atoms with Crippen molar-refractivity contribution in [2.75, 3.05) is 19.6 Å². The van der Waals surface area contributed by atoms with E-state index in [-0.39, 0.29) is 5.54 Å². The Labute approximate surface area is 101 Å². The Morgan fingerprint density at radius 3 is 2.62 bits per heavy atom. The van der Waals surface area contributed by atoms with E-state index < -0.39 is 0 Å². The zero-order valence-corrected chi connectivity index (χ0v) is 10.9. The van der Waals surface area contributed by atoms with Gasteiger partial charge in [0, 0.05) is 12.1 Å². The minimum atomic E-state index is 0.179. The van der Waals surface area contributed by atoms with E-state index in [1.807, 2.05) is 0 Å². The maximum absolute atomic E-state index is 6.48. The van der Waals surface area contributed by atoms with E-state index in [4.69, 9.17) is 5.73 Å². The summed E-state index contributed by atoms with van der Waals surface area (Å²) >= 11 is 0. The van der Waals surface area contributed by atoms with Gasteiger partial charge in [-0.15, -0.1) is 0 Å². The van der Waals surface area contributed by atoms with Gasteiger partial charge in [0.1, 0.15) is 0 Å². The summed E-state index contributed by atoms with van der Waals surface area (Å²) in [5, 5.41) is 0. The van der Waals surface area contributed by atoms with Gasteiger partial charge in [0.2, 0.25) is 0 Å². The third-order valence-corrected chi connectivity index (χ3v) is 4.52. The van der Waals surface area contributed by atoms with E-state index in [0.717, 1.165) is 5.92 Å². The Morgan fingerprint density at radius 2 is 1.94 bits per heavy atom. The van der Waals surface area contributed by atoms with Crippen molar-refractivity contribution in [2.45, 2.75) is 63.8 Å². The Bertz CT molecular complexity index is 209. The van der Waals surface area contributed by atoms with E-state index in [0.29, 0.717) is 0 Å². The summed E-state index contributed by atoms with van der Waals surface area (Å²) in [4.78, 5) is 2.64. The highest BCUT2D eigenvalue weighted by atomic mass is 15.1. The summed E-state index contributed by atoms with van der Waals surface area (Å²) < 4.78 is 0. The minimum Gasteiger partial charge on any atom is -0.325 e. The van der Waals surface area contributed by atoms with Crippen molar-refractivity contribution in [1.29, 1.82) is 0 Å². The molecule has 94 valence electrons. The fourth-order valence-corrected chi connectivity index (χ4v) is 3.38. The van der Waals surface area contributed by atoms with Crippen LogP contribution in [0.4, 0.5) is 0 Å². The smallest absolute Gasteiger partial charge is 0.0166 e. The Morgan fingerprint density at radius 1 is 1.19 bits per heavy atom. The molecule has 0 radical (unpaired) electrons. The molecule has 2 rings (SSSR count). The molecule has 1 unspecified atom stereocenters. The molecular weight excluding hydrogens is 196 g/mol. The number of rotatable bonds is 3. The second kappa shape index (κ2) is 5.50. The second-order valence-corrected chi connectivity index (χ2v) is 6.22. The first-order valence-corrected chi connectivity index (χ1v) is 7.19. The molecule has 2 aliphatic rings. The van der Waals surface area contributed by atoms with Crippen molar-refractivity contribution in [1.82, 2.24) is 4.90 Å². The lowest BCUT2D eigenvalue weighted by atomic mass is 9.80. The monoisotopic (exact) mass is 224 g/mol. The predicted octanol–water partition coefficient (Wildman–Crippen LogP) is 2.77. The lowest BCUT2D eigenvalue weighted by Gasteiger charge is -2.37. The van der Waals surface area contributed by atoms with Crippen LogP contribution >= 0.6 is 0 Å². The summed E-state index contributed by atoms with van der Waals surface area (Å²) in [5.74, 6) is 0.897. The topological polar surface area (TPSA) is 29.3 Å². The van der Waals surface area contributed by atoms with Crippen LogP contribution in [0, 0.1) is 5.92 Å². The average molecular weight is 224 g/mol. The molecule has 16 heavy (non-hydrogen) atoms. The molecule has 0 bridgehead atoms. The van der Waals surface area contributed by atoms with Gasteiger partial charge in [0.05, 0.1) is 0 Å². The molecule has 1 aliphatic heterocycles. The molecule has 1 heterocycles. The SMILES string of the molecule is CC1CCCN(CCC2(N)CCCCC2)C1. The van der Waals surface area contributed by atoms with Crippen LogP contribution in [0.15, 0.2) is 0 Å². The van der Waals surface area contributed by atoms with E-state index >= 15 is 0 Å². The predicted molar refractivity (Wildman–Crippen MR) is 69.5 cm³/mol. The molecule has 0 spiro atoms. The molecule has 1 saturated carbocycles. The molecule has 1 aliphatic carbocycles. The van der Waals surface area contributed by atoms with Crippen molar-refractivity contribution in [3.8, 4) is 0 Å². The van der Waals surface area contributed by atoms with Crippen LogP contribution in [0.3, 0.4) is 0 Å². The quantitative estimate of drug-likeness (QED) is 0.798. The van der Waals surface area contributed by atoms with Crippen LogP contribution < -0.4 is 5.73 Å². The third-order valence-electron chi connectivity index (χ3n) is 4.52. The normalized spacial score (nSPS) is 31.5. The van der Waals surface area contributed by atoms with Crippen molar-refractivity contribution < 1.29 is 0 Å². The van der Waals surface area contributed by atoms with Crippen LogP contribution in [-0.4, -0.2) is 30.1 Å². The molecular formula is C14H28N2. The van der Waals surface area contributed by atoms with Crippen LogP contribution in [-0.2, 0) is 0 Å². The highest BCUT2D eigenvalue weighted by molar-refractivity contribution is 4.88. The molecule has 2 nitrogen and oxygen atoms in total. The lowest BCUT2D eigenvalue weighted by molar-refractivity contribution is 0.156. The fourth-order valence-electron chi connectivity index (χ4n) is 3.38. The number of hydrogen-bond acceptors (Lipinski definition) is 2. The molecule has 1 atom stereocenters. The van der Waals surface area contributed by atoms with Crippen LogP contribution in [0.1, 0.15) is 58.3 Å². The summed E-state index contributed by atoms with van der Waals surface area (Å²) in [5.41, 5.74) is 6.66. The van der Waals surface area contributed by atoms with Gasteiger partial charge >= 0.3 is 0 Å². The maximum atomic E-state index is 6.48. The standard InChI is InChI=1S/C14H28N2/c1-13-6-5-10-16(12-13)11-9-14(15)7-3-2-4-8-14/h13H,2-12,15H2,1H3. The van der Waals surface area contributed by atoms with Gasteiger partial charge < -0.3 is 10.6 Å². The van der Waals surface area contributed by atoms with Crippen LogP contribution in [0.25, 0.3) is 0 Å². The molecule has 0 aromatic carbocycles. The van der Waals surface area contributed by atoms with Crippen molar-refractivity contribution in [3.63, 3.8) is 0 Å². The summed E-state index contributed by atoms with van der Waals surface area (Å²) in [7, 11) is 0. The van der Waals surface area contributed by atoms with E-state index in [1.165, 1.54) is 71.0 Å². The van der Waals surface area contributed by atoms with Crippen LogP contribution in [0.5, 0.6) is 0 Å². The molecule has 2 fully saturated rings.